The van der Waals surface area contributed by atoms with Crippen LogP contribution in [0.1, 0.15) is 11.3 Å². The Morgan fingerprint density at radius 2 is 1.62 bits per heavy atom. The number of aliphatic hydroxyl groups is 5. The maximum atomic E-state index is 11.7. The minimum atomic E-state index is -3.75. The van der Waals surface area contributed by atoms with E-state index in [4.69, 9.17) is 4.74 Å². The topological polar surface area (TPSA) is 172 Å². The molecule has 1 aromatic carbocycles. The van der Waals surface area contributed by atoms with Crippen molar-refractivity contribution in [2.45, 2.75) is 17.7 Å². The zero-order chi connectivity index (χ0) is 19.9. The second-order valence-corrected chi connectivity index (χ2v) is 5.95. The first-order valence-corrected chi connectivity index (χ1v) is 7.38. The van der Waals surface area contributed by atoms with Gasteiger partial charge in [-0.2, -0.15) is 0 Å². The summed E-state index contributed by atoms with van der Waals surface area (Å²) in [6.45, 7) is 0. The maximum Gasteiger partial charge on any atom is 0.354 e. The second-order valence-electron chi connectivity index (χ2n) is 5.95. The smallest absolute Gasteiger partial charge is 0.354 e. The summed E-state index contributed by atoms with van der Waals surface area (Å²) < 4.78 is 5.78. The summed E-state index contributed by atoms with van der Waals surface area (Å²) in [7, 11) is 3.46. The van der Waals surface area contributed by atoms with Crippen LogP contribution in [0.25, 0.3) is 0 Å². The minimum absolute atomic E-state index is 0.132. The van der Waals surface area contributed by atoms with Crippen molar-refractivity contribution in [3.05, 3.63) is 51.9 Å². The number of aromatic amines is 1. The van der Waals surface area contributed by atoms with E-state index in [9.17, 15) is 35.4 Å². The Balaban J connectivity index is 2.69. The van der Waals surface area contributed by atoms with E-state index in [1.165, 1.54) is 31.3 Å². The molecule has 2 rings (SSSR count). The number of aromatic hydroxyl groups is 1. The number of aryl methyl sites for hydroxylation is 1. The van der Waals surface area contributed by atoms with Crippen molar-refractivity contribution >= 4 is 0 Å². The molecule has 2 aromatic rings. The van der Waals surface area contributed by atoms with Gasteiger partial charge in [-0.1, -0.05) is 30.3 Å². The number of nitrogens with one attached hydrogen (secondary N) is 1. The lowest BCUT2D eigenvalue weighted by Crippen LogP contribution is -2.66. The molecule has 0 saturated carbocycles. The summed E-state index contributed by atoms with van der Waals surface area (Å²) in [6.07, 6.45) is 0. The molecule has 11 nitrogen and oxygen atoms in total. The standard InChI is InChI=1S/C15H21N3O8/c1-17(2)14(22,23)15(24,25)26-13(21,9-7-5-4-6-8-9)11-10(19)12(20)16-18(11)3/h4-8,19,21-25H,1-3H3,(H,16,20). The number of rotatable bonds is 6. The van der Waals surface area contributed by atoms with Crippen LogP contribution in [0, 0.1) is 0 Å². The maximum absolute atomic E-state index is 11.7. The van der Waals surface area contributed by atoms with Gasteiger partial charge in [-0.15, -0.1) is 0 Å². The summed E-state index contributed by atoms with van der Waals surface area (Å²) in [6, 6.07) is 7.14. The molecule has 0 amide bonds. The Kier molecular flexibility index (Phi) is 5.00. The number of aromatic nitrogens is 2. The van der Waals surface area contributed by atoms with Crippen molar-refractivity contribution in [1.29, 1.82) is 0 Å². The number of H-pyrrole nitrogens is 1. The first-order valence-electron chi connectivity index (χ1n) is 7.38. The molecule has 0 fully saturated rings. The third kappa shape index (κ3) is 3.12. The van der Waals surface area contributed by atoms with E-state index in [2.05, 4.69) is 5.10 Å². The third-order valence-electron chi connectivity index (χ3n) is 3.88. The van der Waals surface area contributed by atoms with E-state index in [1.54, 1.807) is 6.07 Å². The van der Waals surface area contributed by atoms with Crippen LogP contribution in [0.15, 0.2) is 35.1 Å². The highest BCUT2D eigenvalue weighted by molar-refractivity contribution is 5.37. The van der Waals surface area contributed by atoms with E-state index in [-0.39, 0.29) is 5.56 Å². The Labute approximate surface area is 147 Å². The highest BCUT2D eigenvalue weighted by Gasteiger charge is 2.57. The quantitative estimate of drug-likeness (QED) is 0.270. The predicted octanol–water partition coefficient (Wildman–Crippen LogP) is -2.53. The molecule has 0 aliphatic heterocycles. The molecule has 0 radical (unpaired) electrons. The Morgan fingerprint density at radius 1 is 1.08 bits per heavy atom. The summed E-state index contributed by atoms with van der Waals surface area (Å²) in [4.78, 5) is 12.3. The summed E-state index contributed by atoms with van der Waals surface area (Å²) in [5.74, 6) is -10.9. The molecule has 0 saturated heterocycles. The van der Waals surface area contributed by atoms with Crippen molar-refractivity contribution in [1.82, 2.24) is 14.7 Å². The third-order valence-corrected chi connectivity index (χ3v) is 3.88. The van der Waals surface area contributed by atoms with Crippen LogP contribution < -0.4 is 5.56 Å². The summed E-state index contributed by atoms with van der Waals surface area (Å²) >= 11 is 0. The molecule has 1 unspecified atom stereocenters. The number of hydrogen-bond donors (Lipinski definition) is 7. The van der Waals surface area contributed by atoms with Gasteiger partial charge in [0.25, 0.3) is 0 Å². The molecule has 1 aromatic heterocycles. The SMILES string of the molecule is CN(C)C(O)(O)C(O)(O)OC(O)(c1ccccc1)c1c(O)c(=O)[nH]n1C. The highest BCUT2D eigenvalue weighted by atomic mass is 16.8. The molecule has 144 valence electrons. The lowest BCUT2D eigenvalue weighted by Gasteiger charge is -2.42. The zero-order valence-electron chi connectivity index (χ0n) is 14.3. The number of nitrogens with zero attached hydrogens (tertiary/aromatic N) is 2. The fraction of sp³-hybridized carbons (Fsp3) is 0.400. The first-order chi connectivity index (χ1) is 11.8. The predicted molar refractivity (Wildman–Crippen MR) is 86.2 cm³/mol. The van der Waals surface area contributed by atoms with Crippen LogP contribution in [0.5, 0.6) is 5.75 Å². The van der Waals surface area contributed by atoms with Gasteiger partial charge in [-0.05, 0) is 14.1 Å². The number of hydrogen-bond acceptors (Lipinski definition) is 9. The normalized spacial score (nSPS) is 15.3. The Morgan fingerprint density at radius 3 is 2.04 bits per heavy atom. The molecule has 26 heavy (non-hydrogen) atoms. The van der Waals surface area contributed by atoms with Crippen LogP contribution in [0.4, 0.5) is 0 Å². The largest absolute Gasteiger partial charge is 0.502 e. The van der Waals surface area contributed by atoms with Crippen molar-refractivity contribution < 1.29 is 35.4 Å². The van der Waals surface area contributed by atoms with E-state index < -0.39 is 34.7 Å². The van der Waals surface area contributed by atoms with Gasteiger partial charge >= 0.3 is 17.4 Å². The molecule has 0 aliphatic rings. The van der Waals surface area contributed by atoms with Gasteiger partial charge in [0.15, 0.2) is 0 Å². The molecular formula is C15H21N3O8. The van der Waals surface area contributed by atoms with Gasteiger partial charge in [-0.3, -0.25) is 24.2 Å². The van der Waals surface area contributed by atoms with Gasteiger partial charge in [0.05, 0.1) is 0 Å². The fourth-order valence-corrected chi connectivity index (χ4v) is 2.39. The van der Waals surface area contributed by atoms with Crippen molar-refractivity contribution in [2.24, 2.45) is 7.05 Å². The van der Waals surface area contributed by atoms with Crippen LogP contribution >= 0.6 is 0 Å². The van der Waals surface area contributed by atoms with E-state index >= 15 is 0 Å². The number of benzene rings is 1. The van der Waals surface area contributed by atoms with Crippen LogP contribution in [0.2, 0.25) is 0 Å². The van der Waals surface area contributed by atoms with Gasteiger partial charge in [0.1, 0.15) is 5.69 Å². The Hall–Kier alpha value is -2.25. The lowest BCUT2D eigenvalue weighted by molar-refractivity contribution is -0.525. The fourth-order valence-electron chi connectivity index (χ4n) is 2.39. The van der Waals surface area contributed by atoms with E-state index in [0.717, 1.165) is 18.8 Å². The minimum Gasteiger partial charge on any atom is -0.502 e. The Bertz CT molecular complexity index is 827. The number of likely N-dealkylation sites (N-methyl/N-ethyl adjacent to an activating group) is 1. The molecule has 11 heteroatoms. The van der Waals surface area contributed by atoms with Gasteiger partial charge < -0.3 is 30.6 Å². The van der Waals surface area contributed by atoms with Gasteiger partial charge in [0, 0.05) is 12.6 Å². The van der Waals surface area contributed by atoms with Crippen molar-refractivity contribution in [3.63, 3.8) is 0 Å². The average Bonchev–Trinajstić information content (AvgIpc) is 2.80. The molecule has 0 bridgehead atoms. The molecule has 0 spiro atoms. The van der Waals surface area contributed by atoms with Crippen LogP contribution in [-0.4, -0.2) is 71.3 Å². The molecule has 7 N–H and O–H groups in total. The summed E-state index contributed by atoms with van der Waals surface area (Å²) in [5.41, 5.74) is -1.70. The van der Waals surface area contributed by atoms with Crippen molar-refractivity contribution in [2.75, 3.05) is 14.1 Å². The van der Waals surface area contributed by atoms with Crippen LogP contribution in [-0.2, 0) is 17.6 Å². The van der Waals surface area contributed by atoms with Crippen LogP contribution in [0.3, 0.4) is 0 Å². The van der Waals surface area contributed by atoms with Crippen molar-refractivity contribution in [3.8, 4) is 5.75 Å². The van der Waals surface area contributed by atoms with Gasteiger partial charge in [0.2, 0.25) is 11.5 Å². The van der Waals surface area contributed by atoms with Gasteiger partial charge in [-0.25, -0.2) is 0 Å². The number of ether oxygens (including phenoxy) is 1. The second kappa shape index (κ2) is 6.48. The molecule has 1 atom stereocenters. The monoisotopic (exact) mass is 371 g/mol. The van der Waals surface area contributed by atoms with E-state index in [1.807, 2.05) is 0 Å². The first kappa shape index (κ1) is 20.1. The lowest BCUT2D eigenvalue weighted by atomic mass is 10.0. The average molecular weight is 371 g/mol. The zero-order valence-corrected chi connectivity index (χ0v) is 14.3. The highest BCUT2D eigenvalue weighted by Crippen LogP contribution is 2.39. The molecule has 0 aliphatic carbocycles. The molecular weight excluding hydrogens is 350 g/mol. The van der Waals surface area contributed by atoms with E-state index in [0.29, 0.717) is 4.90 Å². The molecule has 1 heterocycles. The summed E-state index contributed by atoms with van der Waals surface area (Å²) in [5, 5.41) is 63.4.